The number of nitrogens with one attached hydrogen (secondary N) is 2. The summed E-state index contributed by atoms with van der Waals surface area (Å²) in [7, 11) is 14.7. The Balaban J connectivity index is 2.94. The third kappa shape index (κ3) is 1.19. The monoisotopic (exact) mass is 166 g/mol. The maximum atomic E-state index is 12.9. The number of carbonyl (C=O) groups is 1. The van der Waals surface area contributed by atoms with Gasteiger partial charge in [0.15, 0.2) is 0 Å². The predicted molar refractivity (Wildman–Crippen MR) is 40.4 cm³/mol. The molecular weight excluding hydrogens is 162 g/mol. The van der Waals surface area contributed by atoms with E-state index in [-0.39, 0.29) is 0 Å². The van der Waals surface area contributed by atoms with Crippen LogP contribution in [0.1, 0.15) is 0 Å². The van der Waals surface area contributed by atoms with Gasteiger partial charge in [0.1, 0.15) is 7.85 Å². The van der Waals surface area contributed by atoms with E-state index < -0.39 is 23.2 Å². The van der Waals surface area contributed by atoms with Gasteiger partial charge in [-0.1, -0.05) is 0 Å². The predicted octanol–water partition coefficient (Wildman–Crippen LogP) is -1.58. The van der Waals surface area contributed by atoms with Crippen LogP contribution in [0.2, 0.25) is 0 Å². The maximum Gasteiger partial charge on any atom is 0.313 e. The maximum absolute atomic E-state index is 12.9. The topological polar surface area (TPSA) is 41.1 Å². The van der Waals surface area contributed by atoms with Crippen LogP contribution in [0.15, 0.2) is 0 Å². The molecule has 1 rings (SSSR count). The van der Waals surface area contributed by atoms with Crippen LogP contribution in [0.3, 0.4) is 0 Å². The Hall–Kier alpha value is -0.675. The van der Waals surface area contributed by atoms with E-state index in [0.717, 1.165) is 0 Å². The smallest absolute Gasteiger partial charge is 0.313 e. The van der Waals surface area contributed by atoms with Crippen LogP contribution in [0, 0.1) is 0 Å². The molecule has 8 heteroatoms. The van der Waals surface area contributed by atoms with Crippen molar-refractivity contribution in [2.45, 2.75) is 17.2 Å². The lowest BCUT2D eigenvalue weighted by Crippen LogP contribution is -2.75. The zero-order valence-corrected chi connectivity index (χ0v) is 5.97. The molecular formula is C4H3B3F2N2O. The van der Waals surface area contributed by atoms with Gasteiger partial charge in [0.2, 0.25) is 0 Å². The molecule has 6 radical (unpaired) electrons. The molecule has 1 heterocycles. The van der Waals surface area contributed by atoms with Gasteiger partial charge in [-0.2, -0.15) is 0 Å². The number of rotatable bonds is 0. The van der Waals surface area contributed by atoms with Gasteiger partial charge in [-0.05, 0) is 0 Å². The average Bonchev–Trinajstić information content (AvgIpc) is 1.82. The molecule has 2 N–H and O–H groups in total. The Morgan fingerprint density at radius 3 is 2.33 bits per heavy atom. The summed E-state index contributed by atoms with van der Waals surface area (Å²) < 4.78 is 25.8. The molecule has 0 aromatic heterocycles. The van der Waals surface area contributed by atoms with Crippen molar-refractivity contribution >= 4 is 29.6 Å². The summed E-state index contributed by atoms with van der Waals surface area (Å²) in [5, 5.41) is 0.792. The van der Waals surface area contributed by atoms with Crippen LogP contribution < -0.4 is 10.6 Å². The van der Waals surface area contributed by atoms with E-state index in [2.05, 4.69) is 0 Å². The number of alkyl halides is 2. The van der Waals surface area contributed by atoms with Crippen LogP contribution in [0.5, 0.6) is 0 Å². The zero-order chi connectivity index (χ0) is 9.57. The van der Waals surface area contributed by atoms with Crippen molar-refractivity contribution in [1.82, 2.24) is 10.6 Å². The summed E-state index contributed by atoms with van der Waals surface area (Å²) in [6, 6.07) is -0.918. The first kappa shape index (κ1) is 9.41. The largest absolute Gasteiger partial charge is 0.344 e. The standard InChI is InChI=1S/C4H3B3F2N2O/c5-1-3(8,9)4(6,7)11-2(12)10-1/h1H,(H2,10,11,12). The first-order valence-corrected chi connectivity index (χ1v) is 3.07. The zero-order valence-electron chi connectivity index (χ0n) is 5.97. The van der Waals surface area contributed by atoms with Crippen LogP contribution >= 0.6 is 0 Å². The van der Waals surface area contributed by atoms with E-state index in [0.29, 0.717) is 0 Å². The molecule has 2 amide bonds. The molecule has 1 unspecified atom stereocenters. The lowest BCUT2D eigenvalue weighted by molar-refractivity contribution is -0.0427. The van der Waals surface area contributed by atoms with Crippen LogP contribution in [-0.4, -0.2) is 46.8 Å². The molecule has 3 nitrogen and oxygen atoms in total. The number of carbonyl (C=O) groups excluding carboxylic acids is 1. The van der Waals surface area contributed by atoms with Crippen molar-refractivity contribution in [3.05, 3.63) is 0 Å². The van der Waals surface area contributed by atoms with Gasteiger partial charge in [-0.3, -0.25) is 0 Å². The molecule has 0 bridgehead atoms. The third-order valence-corrected chi connectivity index (χ3v) is 1.55. The molecule has 1 atom stereocenters. The van der Waals surface area contributed by atoms with Gasteiger partial charge in [-0.25, -0.2) is 13.6 Å². The lowest BCUT2D eigenvalue weighted by atomic mass is 9.54. The van der Waals surface area contributed by atoms with Gasteiger partial charge in [0.25, 0.3) is 5.92 Å². The van der Waals surface area contributed by atoms with Crippen molar-refractivity contribution in [2.75, 3.05) is 0 Å². The fraction of sp³-hybridized carbons (Fsp3) is 0.750. The fourth-order valence-corrected chi connectivity index (χ4v) is 0.796. The van der Waals surface area contributed by atoms with E-state index in [1.54, 1.807) is 10.6 Å². The summed E-state index contributed by atoms with van der Waals surface area (Å²) in [6.07, 6.45) is 0. The second-order valence-electron chi connectivity index (χ2n) is 2.57. The van der Waals surface area contributed by atoms with E-state index in [4.69, 9.17) is 23.5 Å². The molecule has 1 fully saturated rings. The highest BCUT2D eigenvalue weighted by Gasteiger charge is 2.53. The van der Waals surface area contributed by atoms with E-state index in [1.807, 2.05) is 0 Å². The summed E-state index contributed by atoms with van der Waals surface area (Å²) in [5.41, 5.74) is 0. The molecule has 1 aliphatic rings. The van der Waals surface area contributed by atoms with Crippen molar-refractivity contribution in [3.8, 4) is 0 Å². The Labute approximate surface area is 71.9 Å². The fourth-order valence-electron chi connectivity index (χ4n) is 0.796. The van der Waals surface area contributed by atoms with Gasteiger partial charge in [-0.15, -0.1) is 0 Å². The molecule has 58 valence electrons. The number of amides is 2. The van der Waals surface area contributed by atoms with Crippen LogP contribution in [-0.2, 0) is 0 Å². The molecule has 1 aliphatic heterocycles. The van der Waals surface area contributed by atoms with Crippen LogP contribution in [0.25, 0.3) is 0 Å². The van der Waals surface area contributed by atoms with Crippen LogP contribution in [0.4, 0.5) is 13.6 Å². The highest BCUT2D eigenvalue weighted by atomic mass is 19.3. The van der Waals surface area contributed by atoms with Crippen molar-refractivity contribution in [3.63, 3.8) is 0 Å². The first-order chi connectivity index (χ1) is 5.27. The molecule has 0 aliphatic carbocycles. The molecule has 0 saturated carbocycles. The number of hydrogen-bond donors (Lipinski definition) is 2. The summed E-state index contributed by atoms with van der Waals surface area (Å²) in [4.78, 5) is 10.6. The van der Waals surface area contributed by atoms with Crippen molar-refractivity contribution in [1.29, 1.82) is 0 Å². The minimum Gasteiger partial charge on any atom is -0.344 e. The average molecular weight is 166 g/mol. The Morgan fingerprint density at radius 1 is 1.42 bits per heavy atom. The second kappa shape index (κ2) is 2.40. The number of halogens is 2. The summed E-state index contributed by atoms with van der Waals surface area (Å²) in [6.45, 7) is 0. The van der Waals surface area contributed by atoms with Gasteiger partial charge >= 0.3 is 6.03 Å². The van der Waals surface area contributed by atoms with E-state index in [1.165, 1.54) is 0 Å². The SMILES string of the molecule is [B]C1NC(=O)NC([B])([B])C1(F)F. The Bertz CT molecular complexity index is 222. The quantitative estimate of drug-likeness (QED) is 0.418. The van der Waals surface area contributed by atoms with E-state index >= 15 is 0 Å². The highest BCUT2D eigenvalue weighted by Crippen LogP contribution is 2.28. The minimum atomic E-state index is -3.60. The molecule has 12 heavy (non-hydrogen) atoms. The number of hydrogen-bond acceptors (Lipinski definition) is 1. The Kier molecular flexibility index (Phi) is 1.89. The highest BCUT2D eigenvalue weighted by molar-refractivity contribution is 6.42. The van der Waals surface area contributed by atoms with Crippen molar-refractivity contribution < 1.29 is 13.6 Å². The molecule has 0 aromatic carbocycles. The molecule has 1 saturated heterocycles. The van der Waals surface area contributed by atoms with Crippen molar-refractivity contribution in [2.24, 2.45) is 0 Å². The van der Waals surface area contributed by atoms with E-state index in [9.17, 15) is 13.6 Å². The van der Waals surface area contributed by atoms with Gasteiger partial charge in [0.05, 0.1) is 21.6 Å². The summed E-state index contributed by atoms with van der Waals surface area (Å²) >= 11 is 0. The second-order valence-corrected chi connectivity index (χ2v) is 2.57. The Morgan fingerprint density at radius 2 is 1.92 bits per heavy atom. The molecule has 0 aromatic rings. The molecule has 0 spiro atoms. The van der Waals surface area contributed by atoms with Gasteiger partial charge < -0.3 is 10.6 Å². The lowest BCUT2D eigenvalue weighted by Gasteiger charge is -2.44. The minimum absolute atomic E-state index is 0.918. The normalized spacial score (nSPS) is 31.8. The third-order valence-electron chi connectivity index (χ3n) is 1.55. The summed E-state index contributed by atoms with van der Waals surface area (Å²) in [5.74, 6) is -5.47. The van der Waals surface area contributed by atoms with Gasteiger partial charge in [0, 0.05) is 5.34 Å². The number of urea groups is 1. The first-order valence-electron chi connectivity index (χ1n) is 3.07.